The Morgan fingerprint density at radius 2 is 0.842 bits per heavy atom. The van der Waals surface area contributed by atoms with Gasteiger partial charge < -0.3 is 42.0 Å². The molecule has 2 saturated heterocycles. The zero-order valence-electron chi connectivity index (χ0n) is 22.2. The summed E-state index contributed by atoms with van der Waals surface area (Å²) in [4.78, 5) is 4.97. The van der Waals surface area contributed by atoms with E-state index in [1.807, 2.05) is 0 Å². The molecule has 10 nitrogen and oxygen atoms in total. The summed E-state index contributed by atoms with van der Waals surface area (Å²) >= 11 is 0. The highest BCUT2D eigenvalue weighted by molar-refractivity contribution is 6.05. The van der Waals surface area contributed by atoms with Gasteiger partial charge in [0.05, 0.1) is 26.4 Å². The molecular weight excluding hydrogens is 488 g/mol. The Labute approximate surface area is 225 Å². The van der Waals surface area contributed by atoms with E-state index in [0.717, 1.165) is 91.9 Å². The van der Waals surface area contributed by atoms with Crippen molar-refractivity contribution in [1.82, 2.24) is 20.4 Å². The average Bonchev–Trinajstić information content (AvgIpc) is 2.90. The third-order valence-corrected chi connectivity index (χ3v) is 7.18. The van der Waals surface area contributed by atoms with E-state index in [-0.39, 0.29) is 21.9 Å². The summed E-state index contributed by atoms with van der Waals surface area (Å²) in [6.45, 7) is 13.5. The Bertz CT molecular complexity index is 933. The summed E-state index contributed by atoms with van der Waals surface area (Å²) in [6.07, 6.45) is 0. The van der Waals surface area contributed by atoms with Crippen molar-refractivity contribution in [2.45, 2.75) is 13.1 Å². The number of ether oxygens (including phenoxy) is 2. The van der Waals surface area contributed by atoms with Crippen LogP contribution in [0.25, 0.3) is 21.5 Å². The number of nitrogens with zero attached hydrogens (tertiary/aromatic N) is 2. The first-order valence-electron chi connectivity index (χ1n) is 12.8. The highest BCUT2D eigenvalue weighted by atomic mass is 16.5. The molecule has 5 rings (SSSR count). The van der Waals surface area contributed by atoms with Crippen molar-refractivity contribution < 1.29 is 31.4 Å². The van der Waals surface area contributed by atoms with Crippen LogP contribution in [0.15, 0.2) is 48.5 Å². The first kappa shape index (κ1) is 33.8. The van der Waals surface area contributed by atoms with E-state index in [2.05, 4.69) is 69.0 Å². The van der Waals surface area contributed by atoms with Gasteiger partial charge in [0.1, 0.15) is 0 Å². The number of benzene rings is 3. The van der Waals surface area contributed by atoms with Crippen molar-refractivity contribution in [2.24, 2.45) is 0 Å². The maximum atomic E-state index is 5.47. The predicted octanol–water partition coefficient (Wildman–Crippen LogP) is -0.462. The van der Waals surface area contributed by atoms with Gasteiger partial charge in [-0.05, 0) is 32.7 Å². The van der Waals surface area contributed by atoms with Crippen LogP contribution >= 0.6 is 0 Å². The molecule has 2 aliphatic heterocycles. The highest BCUT2D eigenvalue weighted by Crippen LogP contribution is 2.33. The molecule has 3 aromatic rings. The molecule has 2 heterocycles. The largest absolute Gasteiger partial charge is 0.412 e. The van der Waals surface area contributed by atoms with Gasteiger partial charge in [-0.25, -0.2) is 0 Å². The SMILES string of the molecule is O.O.O.O.c1ccc2c(CNCCN3CCOCC3)c3ccccc3c(CNCCN3CCOCC3)c2c1. The lowest BCUT2D eigenvalue weighted by atomic mass is 9.91. The van der Waals surface area contributed by atoms with Crippen molar-refractivity contribution >= 4 is 21.5 Å². The minimum absolute atomic E-state index is 0. The highest BCUT2D eigenvalue weighted by Gasteiger charge is 2.15. The Morgan fingerprint density at radius 1 is 0.526 bits per heavy atom. The van der Waals surface area contributed by atoms with E-state index < -0.39 is 0 Å². The minimum atomic E-state index is 0. The van der Waals surface area contributed by atoms with Gasteiger partial charge in [-0.3, -0.25) is 9.80 Å². The fraction of sp³-hybridized carbons (Fsp3) is 0.500. The predicted molar refractivity (Wildman–Crippen MR) is 154 cm³/mol. The number of morpholine rings is 2. The van der Waals surface area contributed by atoms with Crippen LogP contribution in [0.1, 0.15) is 11.1 Å². The van der Waals surface area contributed by atoms with E-state index in [1.165, 1.54) is 32.7 Å². The van der Waals surface area contributed by atoms with Gasteiger partial charge in [-0.15, -0.1) is 0 Å². The van der Waals surface area contributed by atoms with Crippen LogP contribution in [0.3, 0.4) is 0 Å². The first-order chi connectivity index (χ1) is 16.9. The minimum Gasteiger partial charge on any atom is -0.412 e. The molecule has 0 radical (unpaired) electrons. The molecule has 0 aliphatic carbocycles. The molecule has 0 amide bonds. The van der Waals surface area contributed by atoms with E-state index in [0.29, 0.717) is 0 Å². The first-order valence-corrected chi connectivity index (χ1v) is 12.8. The molecule has 214 valence electrons. The van der Waals surface area contributed by atoms with Crippen LogP contribution in [-0.2, 0) is 22.6 Å². The fourth-order valence-corrected chi connectivity index (χ4v) is 5.24. The van der Waals surface area contributed by atoms with E-state index >= 15 is 0 Å². The summed E-state index contributed by atoms with van der Waals surface area (Å²) in [5, 5.41) is 12.9. The Hall–Kier alpha value is -2.22. The van der Waals surface area contributed by atoms with Crippen molar-refractivity contribution in [2.75, 3.05) is 78.8 Å². The molecule has 2 fully saturated rings. The summed E-state index contributed by atoms with van der Waals surface area (Å²) in [5.74, 6) is 0. The molecule has 2 aliphatic rings. The van der Waals surface area contributed by atoms with Crippen LogP contribution in [0, 0.1) is 0 Å². The zero-order chi connectivity index (χ0) is 23.0. The van der Waals surface area contributed by atoms with Gasteiger partial charge in [-0.1, -0.05) is 48.5 Å². The maximum absolute atomic E-state index is 5.47. The quantitative estimate of drug-likeness (QED) is 0.263. The molecule has 0 spiro atoms. The topological polar surface area (TPSA) is 175 Å². The third-order valence-electron chi connectivity index (χ3n) is 7.18. The fourth-order valence-electron chi connectivity index (χ4n) is 5.24. The maximum Gasteiger partial charge on any atom is 0.0594 e. The van der Waals surface area contributed by atoms with Gasteiger partial charge in [-0.2, -0.15) is 0 Å². The lowest BCUT2D eigenvalue weighted by Crippen LogP contribution is -2.40. The average molecular weight is 535 g/mol. The number of nitrogens with one attached hydrogen (secondary N) is 2. The van der Waals surface area contributed by atoms with Crippen molar-refractivity contribution in [1.29, 1.82) is 0 Å². The van der Waals surface area contributed by atoms with Gasteiger partial charge >= 0.3 is 0 Å². The standard InChI is InChI=1S/C28H38N4O2.4H2O/c1-2-6-24-23(5-1)27(21-29-9-11-31-13-17-33-18-14-31)25-7-3-4-8-26(25)28(24)22-30-10-12-32-15-19-34-20-16-32;;;;/h1-8,29-30H,9-22H2;4*1H2. The molecule has 0 unspecified atom stereocenters. The Morgan fingerprint density at radius 3 is 1.16 bits per heavy atom. The van der Waals surface area contributed by atoms with Crippen LogP contribution < -0.4 is 10.6 Å². The van der Waals surface area contributed by atoms with Crippen molar-refractivity contribution in [3.8, 4) is 0 Å². The lowest BCUT2D eigenvalue weighted by Gasteiger charge is -2.27. The molecule has 3 aromatic carbocycles. The molecule has 0 aromatic heterocycles. The van der Waals surface area contributed by atoms with Gasteiger partial charge in [0.2, 0.25) is 0 Å². The van der Waals surface area contributed by atoms with Crippen LogP contribution in [0.4, 0.5) is 0 Å². The normalized spacial score (nSPS) is 16.2. The Balaban J connectivity index is 0.00000180. The number of fused-ring (bicyclic) bond motifs is 2. The summed E-state index contributed by atoms with van der Waals surface area (Å²) in [7, 11) is 0. The lowest BCUT2D eigenvalue weighted by molar-refractivity contribution is 0.0383. The second-order valence-electron chi connectivity index (χ2n) is 9.31. The zero-order valence-corrected chi connectivity index (χ0v) is 22.2. The van der Waals surface area contributed by atoms with E-state index in [4.69, 9.17) is 9.47 Å². The van der Waals surface area contributed by atoms with Crippen LogP contribution in [-0.4, -0.2) is 110 Å². The summed E-state index contributed by atoms with van der Waals surface area (Å²) in [5.41, 5.74) is 2.82. The second kappa shape index (κ2) is 17.4. The number of hydrogen-bond acceptors (Lipinski definition) is 6. The molecule has 0 bridgehead atoms. The summed E-state index contributed by atoms with van der Waals surface area (Å²) < 4.78 is 10.9. The molecule has 10 N–H and O–H groups in total. The summed E-state index contributed by atoms with van der Waals surface area (Å²) in [6, 6.07) is 17.8. The molecule has 0 saturated carbocycles. The molecular formula is C28H46N4O6. The smallest absolute Gasteiger partial charge is 0.0594 e. The monoisotopic (exact) mass is 534 g/mol. The van der Waals surface area contributed by atoms with Gasteiger partial charge in [0.25, 0.3) is 0 Å². The Kier molecular flexibility index (Phi) is 15.5. The van der Waals surface area contributed by atoms with Crippen LogP contribution in [0.5, 0.6) is 0 Å². The van der Waals surface area contributed by atoms with Gasteiger partial charge in [0, 0.05) is 65.4 Å². The van der Waals surface area contributed by atoms with Crippen molar-refractivity contribution in [3.05, 3.63) is 59.7 Å². The van der Waals surface area contributed by atoms with E-state index in [1.54, 1.807) is 0 Å². The molecule has 0 atom stereocenters. The molecule has 38 heavy (non-hydrogen) atoms. The third kappa shape index (κ3) is 8.39. The van der Waals surface area contributed by atoms with E-state index in [9.17, 15) is 0 Å². The molecule has 10 heteroatoms. The van der Waals surface area contributed by atoms with Crippen molar-refractivity contribution in [3.63, 3.8) is 0 Å². The number of rotatable bonds is 10. The van der Waals surface area contributed by atoms with Crippen LogP contribution in [0.2, 0.25) is 0 Å². The second-order valence-corrected chi connectivity index (χ2v) is 9.31. The number of hydrogen-bond donors (Lipinski definition) is 2. The van der Waals surface area contributed by atoms with Gasteiger partial charge in [0.15, 0.2) is 0 Å².